The molecule has 2 fully saturated rings. The minimum absolute atomic E-state index is 0.156. The molecule has 1 aromatic heterocycles. The molecule has 2 aliphatic heterocycles. The van der Waals surface area contributed by atoms with Gasteiger partial charge < -0.3 is 14.6 Å². The Labute approximate surface area is 190 Å². The molecule has 0 spiro atoms. The number of rotatable bonds is 6. The largest absolute Gasteiger partial charge is 0.467 e. The van der Waals surface area contributed by atoms with Crippen LogP contribution in [0.1, 0.15) is 23.1 Å². The molecular formula is C22H27N5O4S. The molecule has 0 bridgehead atoms. The van der Waals surface area contributed by atoms with E-state index in [9.17, 15) is 14.4 Å². The van der Waals surface area contributed by atoms with Crippen molar-refractivity contribution < 1.29 is 18.8 Å². The Bertz CT molecular complexity index is 981. The van der Waals surface area contributed by atoms with Crippen molar-refractivity contribution in [1.29, 1.82) is 0 Å². The topological polar surface area (TPSA) is 107 Å². The van der Waals surface area contributed by atoms with Crippen molar-refractivity contribution in [3.05, 3.63) is 59.5 Å². The second-order valence-electron chi connectivity index (χ2n) is 8.03. The molecule has 9 nitrogen and oxygen atoms in total. The van der Waals surface area contributed by atoms with Crippen molar-refractivity contribution in [2.75, 3.05) is 19.8 Å². The Hall–Kier alpha value is -2.82. The summed E-state index contributed by atoms with van der Waals surface area (Å²) >= 11 is 1.36. The zero-order valence-electron chi connectivity index (χ0n) is 18.2. The number of nitrogens with zero attached hydrogens (tertiary/aromatic N) is 2. The van der Waals surface area contributed by atoms with E-state index in [-0.39, 0.29) is 35.1 Å². The fourth-order valence-electron chi connectivity index (χ4n) is 3.97. The van der Waals surface area contributed by atoms with Gasteiger partial charge in [-0.3, -0.25) is 25.1 Å². The number of hydrogen-bond donors (Lipinski definition) is 3. The second kappa shape index (κ2) is 9.35. The summed E-state index contributed by atoms with van der Waals surface area (Å²) in [5.74, 6) is -0.124. The third-order valence-corrected chi connectivity index (χ3v) is 7.02. The van der Waals surface area contributed by atoms with Crippen LogP contribution in [0, 0.1) is 12.8 Å². The van der Waals surface area contributed by atoms with Crippen LogP contribution in [0.2, 0.25) is 0 Å². The van der Waals surface area contributed by atoms with Crippen LogP contribution < -0.4 is 16.0 Å². The van der Waals surface area contributed by atoms with E-state index in [2.05, 4.69) is 16.0 Å². The molecule has 3 heterocycles. The number of fused-ring (bicyclic) bond motifs is 1. The highest BCUT2D eigenvalue weighted by atomic mass is 32.2. The van der Waals surface area contributed by atoms with Gasteiger partial charge in [-0.1, -0.05) is 29.8 Å². The maximum atomic E-state index is 13.0. The van der Waals surface area contributed by atoms with Gasteiger partial charge in [0.25, 0.3) is 0 Å². The molecule has 0 saturated carbocycles. The summed E-state index contributed by atoms with van der Waals surface area (Å²) in [5, 5.41) is 9.33. The van der Waals surface area contributed by atoms with E-state index in [1.807, 2.05) is 31.2 Å². The minimum Gasteiger partial charge on any atom is -0.467 e. The van der Waals surface area contributed by atoms with Gasteiger partial charge in [-0.2, -0.15) is 0 Å². The molecule has 3 N–H and O–H groups in total. The van der Waals surface area contributed by atoms with Crippen molar-refractivity contribution in [1.82, 2.24) is 25.8 Å². The molecule has 2 aliphatic rings. The molecule has 4 amide bonds. The monoisotopic (exact) mass is 457 g/mol. The van der Waals surface area contributed by atoms with Crippen LogP contribution >= 0.6 is 11.8 Å². The number of benzene rings is 1. The number of carbonyl (C=O) groups is 3. The van der Waals surface area contributed by atoms with Crippen LogP contribution in [-0.4, -0.2) is 59.0 Å². The summed E-state index contributed by atoms with van der Waals surface area (Å²) in [6.45, 7) is 2.33. The SMILES string of the molecule is Cc1ccc(C2NC(SCC(=O)NCc3ccco3)C3C(=O)N(C)C(=O)N(C)C3N2)cc1. The van der Waals surface area contributed by atoms with Gasteiger partial charge >= 0.3 is 6.03 Å². The van der Waals surface area contributed by atoms with Crippen molar-refractivity contribution in [2.45, 2.75) is 31.2 Å². The maximum Gasteiger partial charge on any atom is 0.327 e. The average Bonchev–Trinajstić information content (AvgIpc) is 3.32. The van der Waals surface area contributed by atoms with Crippen molar-refractivity contribution in [2.24, 2.45) is 5.92 Å². The van der Waals surface area contributed by atoms with Crippen LogP contribution in [0.25, 0.3) is 0 Å². The predicted molar refractivity (Wildman–Crippen MR) is 120 cm³/mol. The number of imide groups is 1. The first-order valence-corrected chi connectivity index (χ1v) is 11.4. The van der Waals surface area contributed by atoms with Gasteiger partial charge in [-0.25, -0.2) is 4.79 Å². The van der Waals surface area contributed by atoms with E-state index >= 15 is 0 Å². The molecule has 0 aliphatic carbocycles. The fraction of sp³-hybridized carbons (Fsp3) is 0.409. The quantitative estimate of drug-likeness (QED) is 0.605. The third-order valence-electron chi connectivity index (χ3n) is 5.80. The predicted octanol–water partition coefficient (Wildman–Crippen LogP) is 1.62. The summed E-state index contributed by atoms with van der Waals surface area (Å²) in [5.41, 5.74) is 2.14. The van der Waals surface area contributed by atoms with E-state index in [0.29, 0.717) is 12.3 Å². The summed E-state index contributed by atoms with van der Waals surface area (Å²) < 4.78 is 5.24. The molecule has 10 heteroatoms. The first kappa shape index (κ1) is 22.4. The molecule has 4 rings (SSSR count). The lowest BCUT2D eigenvalue weighted by Gasteiger charge is -2.50. The van der Waals surface area contributed by atoms with Crippen molar-refractivity contribution >= 4 is 29.6 Å². The number of thioether (sulfide) groups is 1. The molecule has 2 saturated heterocycles. The van der Waals surface area contributed by atoms with Gasteiger partial charge in [0.05, 0.1) is 42.2 Å². The normalized spacial score (nSPS) is 25.6. The highest BCUT2D eigenvalue weighted by Crippen LogP contribution is 2.34. The summed E-state index contributed by atoms with van der Waals surface area (Å²) in [4.78, 5) is 40.7. The number of amides is 4. The first-order valence-electron chi connectivity index (χ1n) is 10.4. The van der Waals surface area contributed by atoms with Gasteiger partial charge in [-0.15, -0.1) is 11.8 Å². The first-order chi connectivity index (χ1) is 15.3. The van der Waals surface area contributed by atoms with Crippen molar-refractivity contribution in [3.63, 3.8) is 0 Å². The third kappa shape index (κ3) is 4.52. The van der Waals surface area contributed by atoms with E-state index in [4.69, 9.17) is 4.42 Å². The Balaban J connectivity index is 1.50. The Morgan fingerprint density at radius 3 is 2.59 bits per heavy atom. The molecule has 32 heavy (non-hydrogen) atoms. The van der Waals surface area contributed by atoms with Gasteiger partial charge in [-0.05, 0) is 24.6 Å². The molecule has 2 aromatic rings. The number of hydrogen-bond acceptors (Lipinski definition) is 7. The fourth-order valence-corrected chi connectivity index (χ4v) is 5.10. The van der Waals surface area contributed by atoms with E-state index in [0.717, 1.165) is 16.0 Å². The average molecular weight is 458 g/mol. The van der Waals surface area contributed by atoms with Crippen LogP contribution in [0.15, 0.2) is 47.1 Å². The van der Waals surface area contributed by atoms with Crippen LogP contribution in [-0.2, 0) is 16.1 Å². The van der Waals surface area contributed by atoms with Crippen LogP contribution in [0.5, 0.6) is 0 Å². The Morgan fingerprint density at radius 2 is 1.91 bits per heavy atom. The molecule has 170 valence electrons. The zero-order chi connectivity index (χ0) is 22.8. The van der Waals surface area contributed by atoms with Crippen LogP contribution in [0.3, 0.4) is 0 Å². The Kier molecular flexibility index (Phi) is 6.54. The highest BCUT2D eigenvalue weighted by molar-refractivity contribution is 8.00. The highest BCUT2D eigenvalue weighted by Gasteiger charge is 2.51. The van der Waals surface area contributed by atoms with Gasteiger partial charge in [0.2, 0.25) is 11.8 Å². The number of furan rings is 1. The minimum atomic E-state index is -0.535. The van der Waals surface area contributed by atoms with Gasteiger partial charge in [0, 0.05) is 14.1 Å². The Morgan fingerprint density at radius 1 is 1.16 bits per heavy atom. The smallest absolute Gasteiger partial charge is 0.327 e. The molecule has 1 aromatic carbocycles. The number of urea groups is 1. The number of aryl methyl sites for hydroxylation is 1. The van der Waals surface area contributed by atoms with Gasteiger partial charge in [0.15, 0.2) is 0 Å². The number of nitrogens with one attached hydrogen (secondary N) is 3. The van der Waals surface area contributed by atoms with Gasteiger partial charge in [0.1, 0.15) is 5.76 Å². The standard InChI is InChI=1S/C22H27N5O4S/c1-13-6-8-14(9-7-13)18-24-19-17(21(29)27(3)22(30)26(19)2)20(25-18)32-12-16(28)23-11-15-5-4-10-31-15/h4-10,17-20,24-25H,11-12H2,1-3H3,(H,23,28). The molecule has 4 atom stereocenters. The second-order valence-corrected chi connectivity index (χ2v) is 9.16. The zero-order valence-corrected chi connectivity index (χ0v) is 19.0. The lowest BCUT2D eigenvalue weighted by Crippen LogP contribution is -2.72. The lowest BCUT2D eigenvalue weighted by molar-refractivity contribution is -0.140. The van der Waals surface area contributed by atoms with E-state index < -0.39 is 12.1 Å². The van der Waals surface area contributed by atoms with Crippen LogP contribution in [0.4, 0.5) is 4.79 Å². The molecule has 4 unspecified atom stereocenters. The molecular weight excluding hydrogens is 430 g/mol. The maximum absolute atomic E-state index is 13.0. The van der Waals surface area contributed by atoms with E-state index in [1.54, 1.807) is 30.3 Å². The lowest BCUT2D eigenvalue weighted by atomic mass is 9.96. The summed E-state index contributed by atoms with van der Waals surface area (Å²) in [7, 11) is 3.17. The summed E-state index contributed by atoms with van der Waals surface area (Å²) in [6, 6.07) is 11.3. The summed E-state index contributed by atoms with van der Waals surface area (Å²) in [6.07, 6.45) is 0.804. The van der Waals surface area contributed by atoms with E-state index in [1.165, 1.54) is 18.8 Å². The number of carbonyl (C=O) groups excluding carboxylic acids is 3. The molecule has 0 radical (unpaired) electrons. The van der Waals surface area contributed by atoms with Crippen molar-refractivity contribution in [3.8, 4) is 0 Å².